The van der Waals surface area contributed by atoms with E-state index in [4.69, 9.17) is 4.74 Å². The van der Waals surface area contributed by atoms with Crippen molar-refractivity contribution < 1.29 is 14.3 Å². The number of nitrogens with zero attached hydrogens (tertiary/aromatic N) is 6. The maximum atomic E-state index is 14.3. The molecule has 0 unspecified atom stereocenters. The van der Waals surface area contributed by atoms with Crippen molar-refractivity contribution in [2.45, 2.75) is 26.3 Å². The van der Waals surface area contributed by atoms with Crippen LogP contribution < -0.4 is 0 Å². The molecule has 49 heavy (non-hydrogen) atoms. The Hall–Kier alpha value is -5.15. The van der Waals surface area contributed by atoms with Crippen LogP contribution in [-0.2, 0) is 11.3 Å². The number of ether oxygens (including phenoxy) is 1. The molecule has 2 saturated heterocycles. The number of rotatable bonds is 8. The van der Waals surface area contributed by atoms with Crippen LogP contribution in [-0.4, -0.2) is 93.7 Å². The van der Waals surface area contributed by atoms with Gasteiger partial charge in [0.1, 0.15) is 12.4 Å². The molecule has 2 aromatic heterocycles. The predicted octanol–water partition coefficient (Wildman–Crippen LogP) is 6.75. The summed E-state index contributed by atoms with van der Waals surface area (Å²) >= 11 is 0. The maximum Gasteiger partial charge on any atom is 0.410 e. The first kappa shape index (κ1) is 32.4. The first-order chi connectivity index (χ1) is 24.0. The van der Waals surface area contributed by atoms with Gasteiger partial charge in [-0.2, -0.15) is 0 Å². The van der Waals surface area contributed by atoms with Crippen molar-refractivity contribution >= 4 is 28.8 Å². The number of hydrogen-bond acceptors (Lipinski definition) is 5. The summed E-state index contributed by atoms with van der Waals surface area (Å²) in [4.78, 5) is 37.7. The second-order valence-corrected chi connectivity index (χ2v) is 13.2. The van der Waals surface area contributed by atoms with E-state index in [2.05, 4.69) is 81.7 Å². The van der Waals surface area contributed by atoms with Crippen molar-refractivity contribution in [3.63, 3.8) is 0 Å². The average Bonchev–Trinajstić information content (AvgIpc) is 3.73. The van der Waals surface area contributed by atoms with Gasteiger partial charge in [-0.1, -0.05) is 78.9 Å². The number of likely N-dealkylation sites (N-methyl/N-ethyl adjacent to an activating group) is 1. The van der Waals surface area contributed by atoms with E-state index in [1.165, 1.54) is 0 Å². The van der Waals surface area contributed by atoms with E-state index in [1.807, 2.05) is 64.8 Å². The lowest BCUT2D eigenvalue weighted by Gasteiger charge is -2.32. The highest BCUT2D eigenvalue weighted by atomic mass is 16.6. The van der Waals surface area contributed by atoms with E-state index in [0.29, 0.717) is 32.1 Å². The molecule has 4 heterocycles. The molecular formula is C40H44N6O3. The molecule has 2 amide bonds. The van der Waals surface area contributed by atoms with E-state index in [-0.39, 0.29) is 18.6 Å². The Morgan fingerprint density at radius 2 is 1.59 bits per heavy atom. The molecular weight excluding hydrogens is 612 g/mol. The fourth-order valence-corrected chi connectivity index (χ4v) is 7.14. The van der Waals surface area contributed by atoms with Gasteiger partial charge >= 0.3 is 6.09 Å². The van der Waals surface area contributed by atoms with E-state index < -0.39 is 0 Å². The Balaban J connectivity index is 1.08. The van der Waals surface area contributed by atoms with Crippen LogP contribution in [0, 0.1) is 12.8 Å². The molecule has 3 aromatic carbocycles. The highest BCUT2D eigenvalue weighted by Gasteiger charge is 2.29. The first-order valence-corrected chi connectivity index (χ1v) is 17.3. The summed E-state index contributed by atoms with van der Waals surface area (Å²) in [7, 11) is 2.10. The number of amides is 2. The maximum absolute atomic E-state index is 14.3. The van der Waals surface area contributed by atoms with Crippen molar-refractivity contribution in [1.82, 2.24) is 28.8 Å². The quantitative estimate of drug-likeness (QED) is 0.185. The van der Waals surface area contributed by atoms with Gasteiger partial charge in [0.15, 0.2) is 0 Å². The van der Waals surface area contributed by atoms with Crippen LogP contribution in [0.1, 0.15) is 34.5 Å². The number of benzene rings is 3. The van der Waals surface area contributed by atoms with E-state index >= 15 is 0 Å². The standard InChI is InChI=1S/C40H44N6O3/c1-30-38(39(47)43-23-21-42(2)22-24-43)36(35-16-8-14-33-13-6-7-15-34(33)35)28-46(30)37-26-41-29-45(37)27-32-17-19-44(20-18-32)40(48)49-25-9-12-31-10-4-3-5-11-31/h3-16,26,28-29,32H,17-25,27H2,1-2H3. The molecule has 7 rings (SSSR count). The number of likely N-dealkylation sites (tertiary alicyclic amines) is 1. The number of piperidine rings is 1. The molecule has 9 nitrogen and oxygen atoms in total. The molecule has 0 aliphatic carbocycles. The van der Waals surface area contributed by atoms with Crippen LogP contribution in [0.15, 0.2) is 97.6 Å². The third-order valence-corrected chi connectivity index (χ3v) is 10.0. The summed E-state index contributed by atoms with van der Waals surface area (Å²) in [5.74, 6) is 1.39. The lowest BCUT2D eigenvalue weighted by atomic mass is 9.96. The van der Waals surface area contributed by atoms with E-state index in [1.54, 1.807) is 0 Å². The number of hydrogen-bond donors (Lipinski definition) is 0. The van der Waals surface area contributed by atoms with Crippen molar-refractivity contribution in [2.75, 3.05) is 52.9 Å². The molecule has 2 aliphatic heterocycles. The Bertz CT molecular complexity index is 1940. The fraction of sp³-hybridized carbons (Fsp3) is 0.325. The van der Waals surface area contributed by atoms with Crippen LogP contribution in [0.25, 0.3) is 33.8 Å². The Morgan fingerprint density at radius 1 is 0.857 bits per heavy atom. The summed E-state index contributed by atoms with van der Waals surface area (Å²) in [6.07, 6.45) is 11.2. The predicted molar refractivity (Wildman–Crippen MR) is 194 cm³/mol. The van der Waals surface area contributed by atoms with Gasteiger partial charge in [-0.25, -0.2) is 9.78 Å². The monoisotopic (exact) mass is 656 g/mol. The van der Waals surface area contributed by atoms with E-state index in [9.17, 15) is 9.59 Å². The van der Waals surface area contributed by atoms with Crippen molar-refractivity contribution in [3.05, 3.63) is 114 Å². The van der Waals surface area contributed by atoms with E-state index in [0.717, 1.165) is 77.0 Å². The van der Waals surface area contributed by atoms with Crippen molar-refractivity contribution in [3.8, 4) is 16.9 Å². The zero-order valence-electron chi connectivity index (χ0n) is 28.4. The third-order valence-electron chi connectivity index (χ3n) is 10.0. The lowest BCUT2D eigenvalue weighted by molar-refractivity contribution is 0.0664. The first-order valence-electron chi connectivity index (χ1n) is 17.3. The molecule has 0 saturated carbocycles. The molecule has 2 aliphatic rings. The Kier molecular flexibility index (Phi) is 9.61. The number of aromatic nitrogens is 3. The van der Waals surface area contributed by atoms with Gasteiger partial charge in [0.2, 0.25) is 0 Å². The molecule has 252 valence electrons. The van der Waals surface area contributed by atoms with Gasteiger partial charge in [-0.05, 0) is 60.7 Å². The summed E-state index contributed by atoms with van der Waals surface area (Å²) in [6.45, 7) is 7.55. The van der Waals surface area contributed by atoms with Gasteiger partial charge < -0.3 is 28.6 Å². The SMILES string of the molecule is Cc1c(C(=O)N2CCN(C)CC2)c(-c2cccc3ccccc23)cn1-c1cncn1CC1CCN(C(=O)OCC=Cc2ccccc2)CC1. The second kappa shape index (κ2) is 14.5. The number of carbonyl (C=O) groups excluding carboxylic acids is 2. The topological polar surface area (TPSA) is 75.8 Å². The highest BCUT2D eigenvalue weighted by Crippen LogP contribution is 2.36. The minimum atomic E-state index is -0.263. The summed E-state index contributed by atoms with van der Waals surface area (Å²) in [5, 5.41) is 2.27. The fourth-order valence-electron chi connectivity index (χ4n) is 7.14. The van der Waals surface area contributed by atoms with Gasteiger partial charge in [0, 0.05) is 63.3 Å². The van der Waals surface area contributed by atoms with Gasteiger partial charge in [0.25, 0.3) is 5.91 Å². The average molecular weight is 657 g/mol. The van der Waals surface area contributed by atoms with Crippen LogP contribution in [0.2, 0.25) is 0 Å². The van der Waals surface area contributed by atoms with Crippen LogP contribution in [0.5, 0.6) is 0 Å². The summed E-state index contributed by atoms with van der Waals surface area (Å²) in [6, 6.07) is 24.7. The largest absolute Gasteiger partial charge is 0.445 e. The van der Waals surface area contributed by atoms with Gasteiger partial charge in [-0.3, -0.25) is 4.79 Å². The normalized spacial score (nSPS) is 16.1. The summed E-state index contributed by atoms with van der Waals surface area (Å²) < 4.78 is 9.86. The molecule has 2 fully saturated rings. The number of piperazine rings is 1. The van der Waals surface area contributed by atoms with Crippen molar-refractivity contribution in [2.24, 2.45) is 5.92 Å². The highest BCUT2D eigenvalue weighted by molar-refractivity contribution is 6.07. The van der Waals surface area contributed by atoms with Gasteiger partial charge in [0.05, 0.1) is 18.1 Å². The zero-order valence-corrected chi connectivity index (χ0v) is 28.4. The van der Waals surface area contributed by atoms with Crippen molar-refractivity contribution in [1.29, 1.82) is 0 Å². The summed E-state index contributed by atoms with van der Waals surface area (Å²) in [5.41, 5.74) is 4.73. The van der Waals surface area contributed by atoms with Crippen LogP contribution in [0.3, 0.4) is 0 Å². The second-order valence-electron chi connectivity index (χ2n) is 13.2. The minimum absolute atomic E-state index is 0.0770. The Morgan fingerprint density at radius 3 is 2.39 bits per heavy atom. The molecule has 0 spiro atoms. The number of fused-ring (bicyclic) bond motifs is 1. The number of imidazole rings is 1. The lowest BCUT2D eigenvalue weighted by Crippen LogP contribution is -2.47. The molecule has 0 radical (unpaired) electrons. The molecule has 0 atom stereocenters. The molecule has 5 aromatic rings. The minimum Gasteiger partial charge on any atom is -0.445 e. The zero-order chi connectivity index (χ0) is 33.7. The molecule has 9 heteroatoms. The molecule has 0 bridgehead atoms. The smallest absolute Gasteiger partial charge is 0.410 e. The third kappa shape index (κ3) is 7.03. The molecule has 0 N–H and O–H groups in total. The van der Waals surface area contributed by atoms with Gasteiger partial charge in [-0.15, -0.1) is 0 Å². The Labute approximate surface area is 288 Å². The number of carbonyl (C=O) groups is 2. The van der Waals surface area contributed by atoms with Crippen LogP contribution in [0.4, 0.5) is 4.79 Å². The van der Waals surface area contributed by atoms with Crippen LogP contribution >= 0.6 is 0 Å².